The number of aromatic nitrogens is 1. The smallest absolute Gasteiger partial charge is 0.302 e. The van der Waals surface area contributed by atoms with E-state index in [9.17, 15) is 9.59 Å². The fraction of sp³-hybridized carbons (Fsp3) is 0.333. The normalized spacial score (nSPS) is 9.79. The van der Waals surface area contributed by atoms with Crippen LogP contribution in [0.5, 0.6) is 0 Å². The van der Waals surface area contributed by atoms with Gasteiger partial charge in [-0.25, -0.2) is 0 Å². The van der Waals surface area contributed by atoms with Crippen LogP contribution in [0.25, 0.3) is 0 Å². The highest BCUT2D eigenvalue weighted by molar-refractivity contribution is 5.65. The van der Waals surface area contributed by atoms with Gasteiger partial charge in [0, 0.05) is 25.1 Å². The SMILES string of the molecule is CC(=O)OCCc1cccn(O)c1=O. The van der Waals surface area contributed by atoms with Crippen molar-refractivity contribution in [3.05, 3.63) is 34.2 Å². The Bertz CT molecular complexity index is 383. The predicted molar refractivity (Wildman–Crippen MR) is 48.2 cm³/mol. The van der Waals surface area contributed by atoms with E-state index in [1.165, 1.54) is 13.1 Å². The van der Waals surface area contributed by atoms with Crippen molar-refractivity contribution in [2.75, 3.05) is 6.61 Å². The minimum atomic E-state index is -0.486. The van der Waals surface area contributed by atoms with Crippen LogP contribution in [0.3, 0.4) is 0 Å². The molecule has 0 aliphatic carbocycles. The summed E-state index contributed by atoms with van der Waals surface area (Å²) in [6.45, 7) is 1.45. The molecule has 0 saturated carbocycles. The second kappa shape index (κ2) is 4.45. The summed E-state index contributed by atoms with van der Waals surface area (Å²) in [5, 5.41) is 9.01. The third kappa shape index (κ3) is 2.62. The predicted octanol–water partition coefficient (Wildman–Crippen LogP) is 0.191. The average Bonchev–Trinajstić information content (AvgIpc) is 2.12. The Morgan fingerprint density at radius 3 is 3.00 bits per heavy atom. The van der Waals surface area contributed by atoms with E-state index in [1.807, 2.05) is 0 Å². The van der Waals surface area contributed by atoms with Gasteiger partial charge in [0.05, 0.1) is 6.61 Å². The van der Waals surface area contributed by atoms with Crippen LogP contribution in [-0.2, 0) is 16.0 Å². The first kappa shape index (κ1) is 10.3. The van der Waals surface area contributed by atoms with Crippen molar-refractivity contribution in [1.29, 1.82) is 0 Å². The lowest BCUT2D eigenvalue weighted by atomic mass is 10.2. The van der Waals surface area contributed by atoms with Crippen molar-refractivity contribution in [3.8, 4) is 0 Å². The highest BCUT2D eigenvalue weighted by Crippen LogP contribution is 1.93. The molecule has 76 valence electrons. The Balaban J connectivity index is 2.64. The van der Waals surface area contributed by atoms with Gasteiger partial charge >= 0.3 is 5.97 Å². The number of hydrogen-bond donors (Lipinski definition) is 1. The molecule has 0 spiro atoms. The van der Waals surface area contributed by atoms with E-state index in [-0.39, 0.29) is 12.6 Å². The van der Waals surface area contributed by atoms with Gasteiger partial charge in [-0.05, 0) is 6.07 Å². The third-order valence-electron chi connectivity index (χ3n) is 1.68. The van der Waals surface area contributed by atoms with Gasteiger partial charge in [-0.2, -0.15) is 4.73 Å². The van der Waals surface area contributed by atoms with Crippen LogP contribution in [0.4, 0.5) is 0 Å². The zero-order chi connectivity index (χ0) is 10.6. The van der Waals surface area contributed by atoms with Crippen LogP contribution < -0.4 is 5.56 Å². The molecular formula is C9H11NO4. The molecule has 14 heavy (non-hydrogen) atoms. The topological polar surface area (TPSA) is 68.5 Å². The zero-order valence-corrected chi connectivity index (χ0v) is 7.77. The summed E-state index contributed by atoms with van der Waals surface area (Å²) in [5.41, 5.74) is -0.0732. The second-order valence-electron chi connectivity index (χ2n) is 2.77. The Morgan fingerprint density at radius 2 is 2.36 bits per heavy atom. The fourth-order valence-electron chi connectivity index (χ4n) is 1.02. The number of ether oxygens (including phenoxy) is 1. The molecule has 1 heterocycles. The van der Waals surface area contributed by atoms with Gasteiger partial charge < -0.3 is 9.94 Å². The van der Waals surface area contributed by atoms with E-state index in [0.29, 0.717) is 16.7 Å². The van der Waals surface area contributed by atoms with Crippen molar-refractivity contribution >= 4 is 5.97 Å². The lowest BCUT2D eigenvalue weighted by Crippen LogP contribution is -2.22. The Hall–Kier alpha value is -1.78. The molecule has 0 atom stereocenters. The maximum Gasteiger partial charge on any atom is 0.302 e. The summed E-state index contributed by atoms with van der Waals surface area (Å²) in [5.74, 6) is -0.384. The molecule has 0 saturated heterocycles. The summed E-state index contributed by atoms with van der Waals surface area (Å²) < 4.78 is 5.18. The van der Waals surface area contributed by atoms with Gasteiger partial charge in [0.15, 0.2) is 0 Å². The van der Waals surface area contributed by atoms with E-state index in [0.717, 1.165) is 0 Å². The number of nitrogens with zero attached hydrogens (tertiary/aromatic N) is 1. The van der Waals surface area contributed by atoms with Gasteiger partial charge in [0.2, 0.25) is 0 Å². The van der Waals surface area contributed by atoms with Crippen LogP contribution in [0.2, 0.25) is 0 Å². The summed E-state index contributed by atoms with van der Waals surface area (Å²) in [4.78, 5) is 21.6. The second-order valence-corrected chi connectivity index (χ2v) is 2.77. The first-order valence-electron chi connectivity index (χ1n) is 4.14. The fourth-order valence-corrected chi connectivity index (χ4v) is 1.02. The molecule has 0 radical (unpaired) electrons. The largest absolute Gasteiger partial charge is 0.466 e. The summed E-state index contributed by atoms with van der Waals surface area (Å²) in [6.07, 6.45) is 1.55. The van der Waals surface area contributed by atoms with Gasteiger partial charge in [0.25, 0.3) is 5.56 Å². The third-order valence-corrected chi connectivity index (χ3v) is 1.68. The number of rotatable bonds is 3. The number of hydrogen-bond acceptors (Lipinski definition) is 4. The van der Waals surface area contributed by atoms with Crippen LogP contribution >= 0.6 is 0 Å². The maximum atomic E-state index is 11.2. The molecule has 1 N–H and O–H groups in total. The van der Waals surface area contributed by atoms with Crippen LogP contribution in [0.15, 0.2) is 23.1 Å². The van der Waals surface area contributed by atoms with E-state index < -0.39 is 5.56 Å². The van der Waals surface area contributed by atoms with Gasteiger partial charge in [-0.1, -0.05) is 6.07 Å². The van der Waals surface area contributed by atoms with Crippen molar-refractivity contribution in [2.45, 2.75) is 13.3 Å². The first-order valence-corrected chi connectivity index (χ1v) is 4.14. The number of carbonyl (C=O) groups excluding carboxylic acids is 1. The summed E-state index contributed by atoms with van der Waals surface area (Å²) in [7, 11) is 0. The molecule has 5 nitrogen and oxygen atoms in total. The number of esters is 1. The lowest BCUT2D eigenvalue weighted by molar-refractivity contribution is -0.140. The quantitative estimate of drug-likeness (QED) is 0.554. The summed E-state index contributed by atoms with van der Waals surface area (Å²) in [6, 6.07) is 3.13. The maximum absolute atomic E-state index is 11.2. The van der Waals surface area contributed by atoms with Crippen molar-refractivity contribution in [3.63, 3.8) is 0 Å². The molecule has 0 fully saturated rings. The van der Waals surface area contributed by atoms with Crippen molar-refractivity contribution in [2.24, 2.45) is 0 Å². The standard InChI is InChI=1S/C9H11NO4/c1-7(11)14-6-4-8-3-2-5-10(13)9(8)12/h2-3,5,13H,4,6H2,1H3. The molecule has 1 aromatic heterocycles. The number of pyridine rings is 1. The molecule has 5 heteroatoms. The zero-order valence-electron chi connectivity index (χ0n) is 7.77. The molecule has 0 aliphatic heterocycles. The van der Waals surface area contributed by atoms with E-state index in [1.54, 1.807) is 12.1 Å². The molecule has 0 amide bonds. The van der Waals surface area contributed by atoms with Crippen LogP contribution in [0, 0.1) is 0 Å². The van der Waals surface area contributed by atoms with Gasteiger partial charge in [-0.3, -0.25) is 9.59 Å². The molecule has 0 aromatic carbocycles. The molecule has 1 aromatic rings. The van der Waals surface area contributed by atoms with Crippen LogP contribution in [0.1, 0.15) is 12.5 Å². The summed E-state index contributed by atoms with van der Waals surface area (Å²) >= 11 is 0. The van der Waals surface area contributed by atoms with E-state index in [2.05, 4.69) is 4.74 Å². The first-order chi connectivity index (χ1) is 6.61. The van der Waals surface area contributed by atoms with Crippen LogP contribution in [-0.4, -0.2) is 22.5 Å². The molecule has 0 bridgehead atoms. The van der Waals surface area contributed by atoms with E-state index >= 15 is 0 Å². The highest BCUT2D eigenvalue weighted by atomic mass is 16.5. The Morgan fingerprint density at radius 1 is 1.64 bits per heavy atom. The molecule has 1 rings (SSSR count). The Kier molecular flexibility index (Phi) is 3.28. The minimum absolute atomic E-state index is 0.147. The number of carbonyl (C=O) groups is 1. The monoisotopic (exact) mass is 197 g/mol. The minimum Gasteiger partial charge on any atom is -0.466 e. The van der Waals surface area contributed by atoms with Crippen molar-refractivity contribution in [1.82, 2.24) is 4.73 Å². The Labute approximate surface area is 80.5 Å². The van der Waals surface area contributed by atoms with Gasteiger partial charge in [-0.15, -0.1) is 0 Å². The molecule has 0 aliphatic rings. The van der Waals surface area contributed by atoms with Gasteiger partial charge in [0.1, 0.15) is 0 Å². The lowest BCUT2D eigenvalue weighted by Gasteiger charge is -2.02. The molecular weight excluding hydrogens is 186 g/mol. The van der Waals surface area contributed by atoms with Crippen molar-refractivity contribution < 1.29 is 14.7 Å². The average molecular weight is 197 g/mol. The molecule has 0 unspecified atom stereocenters. The highest BCUT2D eigenvalue weighted by Gasteiger charge is 2.02. The van der Waals surface area contributed by atoms with E-state index in [4.69, 9.17) is 5.21 Å².